The first kappa shape index (κ1) is 24.2. The monoisotopic (exact) mass is 619 g/mol. The van der Waals surface area contributed by atoms with Gasteiger partial charge in [0.2, 0.25) is 10.0 Å². The third-order valence-electron chi connectivity index (χ3n) is 6.12. The second kappa shape index (κ2) is 9.88. The number of benzene rings is 2. The summed E-state index contributed by atoms with van der Waals surface area (Å²) in [6.07, 6.45) is 3.38. The van der Waals surface area contributed by atoms with E-state index in [1.54, 1.807) is 51.4 Å². The fraction of sp³-hybridized carbons (Fsp3) is 0.250. The zero-order valence-electron chi connectivity index (χ0n) is 18.6. The van der Waals surface area contributed by atoms with Crippen molar-refractivity contribution in [2.45, 2.75) is 17.7 Å². The number of nitrogens with zero attached hydrogens (tertiary/aromatic N) is 4. The summed E-state index contributed by atoms with van der Waals surface area (Å²) >= 11 is 6.87. The smallest absolute Gasteiger partial charge is 0.244 e. The van der Waals surface area contributed by atoms with Gasteiger partial charge in [-0.15, -0.1) is 0 Å². The van der Waals surface area contributed by atoms with Gasteiger partial charge in [-0.25, -0.2) is 13.4 Å². The van der Waals surface area contributed by atoms with Gasteiger partial charge in [0.05, 0.1) is 21.3 Å². The number of sulfonamides is 1. The molecule has 0 amide bonds. The van der Waals surface area contributed by atoms with Gasteiger partial charge >= 0.3 is 0 Å². The van der Waals surface area contributed by atoms with Gasteiger partial charge in [-0.1, -0.05) is 24.3 Å². The lowest BCUT2D eigenvalue weighted by atomic mass is 10.00. The van der Waals surface area contributed by atoms with Gasteiger partial charge in [-0.2, -0.15) is 13.9 Å². The fourth-order valence-corrected chi connectivity index (χ4v) is 7.21. The van der Waals surface area contributed by atoms with Gasteiger partial charge in [0, 0.05) is 35.7 Å². The number of hydrogen-bond donors (Lipinski definition) is 2. The van der Waals surface area contributed by atoms with Crippen LogP contribution in [-0.2, 0) is 10.0 Å². The molecule has 0 aliphatic carbocycles. The Kier molecular flexibility index (Phi) is 6.84. The first-order valence-electron chi connectivity index (χ1n) is 11.2. The molecule has 1 saturated heterocycles. The van der Waals surface area contributed by atoms with E-state index in [1.165, 1.54) is 0 Å². The van der Waals surface area contributed by atoms with Crippen LogP contribution in [0, 0.1) is 5.92 Å². The molecular formula is C24H23Br2N5O3S. The van der Waals surface area contributed by atoms with Crippen molar-refractivity contribution in [3.05, 3.63) is 69.7 Å². The molecule has 35 heavy (non-hydrogen) atoms. The Morgan fingerprint density at radius 2 is 1.86 bits per heavy atom. The Bertz CT molecular complexity index is 1490. The number of halogens is 2. The van der Waals surface area contributed by atoms with Crippen LogP contribution in [0.4, 0.5) is 5.82 Å². The molecule has 1 fully saturated rings. The molecule has 5 rings (SSSR count). The number of anilines is 1. The van der Waals surface area contributed by atoms with Crippen molar-refractivity contribution in [1.29, 1.82) is 0 Å². The Balaban J connectivity index is 1.39. The predicted octanol–water partition coefficient (Wildman–Crippen LogP) is 5.14. The molecule has 0 radical (unpaired) electrons. The van der Waals surface area contributed by atoms with Crippen molar-refractivity contribution in [1.82, 2.24) is 18.9 Å². The maximum Gasteiger partial charge on any atom is 0.244 e. The van der Waals surface area contributed by atoms with Crippen molar-refractivity contribution in [2.75, 3.05) is 25.0 Å². The van der Waals surface area contributed by atoms with Crippen LogP contribution >= 0.6 is 31.9 Å². The van der Waals surface area contributed by atoms with Crippen molar-refractivity contribution in [3.8, 4) is 17.0 Å². The zero-order valence-corrected chi connectivity index (χ0v) is 22.6. The molecule has 0 spiro atoms. The van der Waals surface area contributed by atoms with Crippen molar-refractivity contribution >= 4 is 53.3 Å². The van der Waals surface area contributed by atoms with Crippen LogP contribution in [0.3, 0.4) is 0 Å². The number of fused-ring (bicyclic) bond motifs is 1. The molecule has 11 heteroatoms. The second-order valence-corrected chi connectivity index (χ2v) is 12.1. The third kappa shape index (κ3) is 4.82. The molecule has 8 nitrogen and oxygen atoms in total. The first-order valence-corrected chi connectivity index (χ1v) is 14.2. The van der Waals surface area contributed by atoms with Crippen molar-refractivity contribution < 1.29 is 13.5 Å². The number of aromatic hydroxyl groups is 1. The van der Waals surface area contributed by atoms with Crippen molar-refractivity contribution in [2.24, 2.45) is 5.92 Å². The Hall–Kier alpha value is -2.47. The molecule has 1 aliphatic rings. The van der Waals surface area contributed by atoms with Gasteiger partial charge in [0.25, 0.3) is 0 Å². The van der Waals surface area contributed by atoms with E-state index in [0.717, 1.165) is 17.3 Å². The fourth-order valence-electron chi connectivity index (χ4n) is 4.34. The minimum Gasteiger partial charge on any atom is -0.507 e. The number of aromatic nitrogens is 3. The van der Waals surface area contributed by atoms with Crippen LogP contribution in [0.5, 0.6) is 5.75 Å². The molecule has 2 aromatic carbocycles. The Morgan fingerprint density at radius 1 is 1.09 bits per heavy atom. The quantitative estimate of drug-likeness (QED) is 0.310. The Labute approximate surface area is 220 Å². The van der Waals surface area contributed by atoms with Crippen LogP contribution in [0.2, 0.25) is 0 Å². The molecule has 1 atom stereocenters. The summed E-state index contributed by atoms with van der Waals surface area (Å²) in [6.45, 7) is 1.50. The molecular weight excluding hydrogens is 598 g/mol. The van der Waals surface area contributed by atoms with Gasteiger partial charge < -0.3 is 10.4 Å². The number of phenols is 1. The SMILES string of the molecule is O=S(=O)(c1ccccc1Br)N1CCCC(CNc2cc(-c3ccccc3O)nc3c(Br)cnn23)C1. The topological polar surface area (TPSA) is 99.8 Å². The molecule has 4 aromatic rings. The highest BCUT2D eigenvalue weighted by Gasteiger charge is 2.31. The zero-order chi connectivity index (χ0) is 24.6. The summed E-state index contributed by atoms with van der Waals surface area (Å²) < 4.78 is 31.1. The molecule has 0 saturated carbocycles. The van der Waals surface area contributed by atoms with Crippen LogP contribution in [0.15, 0.2) is 74.6 Å². The maximum atomic E-state index is 13.3. The normalized spacial score (nSPS) is 17.0. The Morgan fingerprint density at radius 3 is 2.66 bits per heavy atom. The average Bonchev–Trinajstić information content (AvgIpc) is 3.24. The van der Waals surface area contributed by atoms with E-state index in [9.17, 15) is 13.5 Å². The predicted molar refractivity (Wildman–Crippen MR) is 142 cm³/mol. The number of phenolic OH excluding ortho intramolecular Hbond substituents is 1. The molecule has 2 N–H and O–H groups in total. The lowest BCUT2D eigenvalue weighted by Crippen LogP contribution is -2.42. The number of piperidine rings is 1. The molecule has 3 heterocycles. The summed E-state index contributed by atoms with van der Waals surface area (Å²) in [5.41, 5.74) is 1.85. The molecule has 2 aromatic heterocycles. The lowest BCUT2D eigenvalue weighted by Gasteiger charge is -2.32. The first-order chi connectivity index (χ1) is 16.8. The summed E-state index contributed by atoms with van der Waals surface area (Å²) in [4.78, 5) is 4.96. The molecule has 1 aliphatic heterocycles. The van der Waals surface area contributed by atoms with Gasteiger partial charge in [-0.3, -0.25) is 0 Å². The largest absolute Gasteiger partial charge is 0.507 e. The van der Waals surface area contributed by atoms with E-state index in [2.05, 4.69) is 47.3 Å². The highest BCUT2D eigenvalue weighted by Crippen LogP contribution is 2.32. The summed E-state index contributed by atoms with van der Waals surface area (Å²) in [7, 11) is -3.59. The van der Waals surface area contributed by atoms with Crippen molar-refractivity contribution in [3.63, 3.8) is 0 Å². The number of rotatable bonds is 6. The van der Waals surface area contributed by atoms with Crippen LogP contribution < -0.4 is 5.32 Å². The van der Waals surface area contributed by atoms with Gasteiger partial charge in [0.1, 0.15) is 11.6 Å². The summed E-state index contributed by atoms with van der Waals surface area (Å²) in [5, 5.41) is 18.2. The van der Waals surface area contributed by atoms with E-state index >= 15 is 0 Å². The van der Waals surface area contributed by atoms with E-state index in [4.69, 9.17) is 0 Å². The minimum absolute atomic E-state index is 0.122. The number of nitrogens with one attached hydrogen (secondary N) is 1. The second-order valence-electron chi connectivity index (χ2n) is 8.45. The summed E-state index contributed by atoms with van der Waals surface area (Å²) in [5.74, 6) is 0.979. The van der Waals surface area contributed by atoms with Gasteiger partial charge in [0.15, 0.2) is 5.65 Å². The van der Waals surface area contributed by atoms with Gasteiger partial charge in [-0.05, 0) is 74.9 Å². The van der Waals surface area contributed by atoms with E-state index < -0.39 is 10.0 Å². The summed E-state index contributed by atoms with van der Waals surface area (Å²) in [6, 6.07) is 15.8. The average molecular weight is 621 g/mol. The van der Waals surface area contributed by atoms with Crippen LogP contribution in [0.25, 0.3) is 16.9 Å². The highest BCUT2D eigenvalue weighted by atomic mass is 79.9. The van der Waals surface area contributed by atoms with E-state index in [-0.39, 0.29) is 16.6 Å². The van der Waals surface area contributed by atoms with Crippen LogP contribution in [-0.4, -0.2) is 52.1 Å². The maximum absolute atomic E-state index is 13.3. The van der Waals surface area contributed by atoms with Crippen LogP contribution in [0.1, 0.15) is 12.8 Å². The molecule has 182 valence electrons. The standard InChI is InChI=1S/C24H23Br2N5O3S/c25-18-8-2-4-10-22(18)35(33,34)30-11-5-6-16(15-30)13-27-23-12-20(17-7-1-3-9-21(17)32)29-24-19(26)14-28-31(23)24/h1-4,7-10,12,14,16,27,32H,5-6,11,13,15H2. The lowest BCUT2D eigenvalue weighted by molar-refractivity contribution is 0.275. The number of para-hydroxylation sites is 1. The highest BCUT2D eigenvalue weighted by molar-refractivity contribution is 9.11. The number of hydrogen-bond acceptors (Lipinski definition) is 6. The third-order valence-corrected chi connectivity index (χ3v) is 9.55. The van der Waals surface area contributed by atoms with E-state index in [0.29, 0.717) is 46.8 Å². The molecule has 1 unspecified atom stereocenters. The van der Waals surface area contributed by atoms with E-state index in [1.807, 2.05) is 18.2 Å². The molecule has 0 bridgehead atoms. The minimum atomic E-state index is -3.59.